The van der Waals surface area contributed by atoms with Gasteiger partial charge in [-0.05, 0) is 43.4 Å². The molecule has 1 aromatic rings. The van der Waals surface area contributed by atoms with Gasteiger partial charge in [-0.3, -0.25) is 4.79 Å². The summed E-state index contributed by atoms with van der Waals surface area (Å²) < 4.78 is 0. The average Bonchev–Trinajstić information content (AvgIpc) is 2.49. The quantitative estimate of drug-likeness (QED) is 0.889. The monoisotopic (exact) mass is 344 g/mol. The zero-order valence-electron chi connectivity index (χ0n) is 13.3. The van der Waals surface area contributed by atoms with Gasteiger partial charge in [-0.25, -0.2) is 0 Å². The van der Waals surface area contributed by atoms with E-state index in [1.54, 1.807) is 0 Å². The lowest BCUT2D eigenvalue weighted by atomic mass is 9.82. The standard InChI is InChI=1S/C17H25ClN2O.ClH/c1-12(13-7-9-15(18)10-8-13)20(2)17(21)11-14-5-3-4-6-16(14)19;/h7-10,12,14,16H,3-6,11,19H2,1-2H3;1H. The summed E-state index contributed by atoms with van der Waals surface area (Å²) in [6.07, 6.45) is 5.09. The highest BCUT2D eigenvalue weighted by atomic mass is 35.5. The Morgan fingerprint density at radius 1 is 1.32 bits per heavy atom. The maximum atomic E-state index is 12.5. The van der Waals surface area contributed by atoms with Crippen LogP contribution >= 0.6 is 24.0 Å². The number of amides is 1. The second-order valence-corrected chi connectivity index (χ2v) is 6.58. The number of carbonyl (C=O) groups is 1. The largest absolute Gasteiger partial charge is 0.339 e. The van der Waals surface area contributed by atoms with Crippen LogP contribution in [0.3, 0.4) is 0 Å². The molecule has 1 aliphatic rings. The number of nitrogens with two attached hydrogens (primary N) is 1. The third-order valence-electron chi connectivity index (χ3n) is 4.73. The number of hydrogen-bond donors (Lipinski definition) is 1. The van der Waals surface area contributed by atoms with Crippen molar-refractivity contribution in [3.05, 3.63) is 34.9 Å². The van der Waals surface area contributed by atoms with Crippen LogP contribution in [0.1, 0.15) is 50.6 Å². The van der Waals surface area contributed by atoms with Crippen molar-refractivity contribution in [3.63, 3.8) is 0 Å². The molecule has 22 heavy (non-hydrogen) atoms. The minimum absolute atomic E-state index is 0. The minimum Gasteiger partial charge on any atom is -0.339 e. The van der Waals surface area contributed by atoms with Gasteiger partial charge in [-0.15, -0.1) is 12.4 Å². The summed E-state index contributed by atoms with van der Waals surface area (Å²) in [5, 5.41) is 0.716. The molecule has 1 amide bonds. The zero-order valence-corrected chi connectivity index (χ0v) is 14.9. The topological polar surface area (TPSA) is 46.3 Å². The SMILES string of the molecule is CC(c1ccc(Cl)cc1)N(C)C(=O)CC1CCCCC1N.Cl. The van der Waals surface area contributed by atoms with Gasteiger partial charge in [0.1, 0.15) is 0 Å². The van der Waals surface area contributed by atoms with E-state index in [-0.39, 0.29) is 30.4 Å². The molecular formula is C17H26Cl2N2O. The Hall–Kier alpha value is -0.770. The molecule has 3 nitrogen and oxygen atoms in total. The molecule has 0 aliphatic heterocycles. The third-order valence-corrected chi connectivity index (χ3v) is 4.98. The number of halogens is 2. The first-order chi connectivity index (χ1) is 9.99. The van der Waals surface area contributed by atoms with Crippen LogP contribution in [0, 0.1) is 5.92 Å². The Bertz CT molecular complexity index is 478. The van der Waals surface area contributed by atoms with Gasteiger partial charge in [0.15, 0.2) is 0 Å². The fourth-order valence-corrected chi connectivity index (χ4v) is 3.16. The van der Waals surface area contributed by atoms with Gasteiger partial charge in [0.2, 0.25) is 5.91 Å². The Labute approximate surface area is 144 Å². The molecule has 1 aliphatic carbocycles. The summed E-state index contributed by atoms with van der Waals surface area (Å²) in [4.78, 5) is 14.3. The van der Waals surface area contributed by atoms with E-state index in [1.807, 2.05) is 43.1 Å². The Balaban J connectivity index is 0.00000242. The summed E-state index contributed by atoms with van der Waals surface area (Å²) in [5.41, 5.74) is 7.25. The summed E-state index contributed by atoms with van der Waals surface area (Å²) in [6, 6.07) is 7.91. The van der Waals surface area contributed by atoms with Crippen LogP contribution < -0.4 is 5.73 Å². The fraction of sp³-hybridized carbons (Fsp3) is 0.588. The van der Waals surface area contributed by atoms with Crippen molar-refractivity contribution in [3.8, 4) is 0 Å². The lowest BCUT2D eigenvalue weighted by Crippen LogP contribution is -2.38. The molecule has 124 valence electrons. The van der Waals surface area contributed by atoms with Crippen LogP contribution in [0.2, 0.25) is 5.02 Å². The van der Waals surface area contributed by atoms with E-state index in [2.05, 4.69) is 0 Å². The van der Waals surface area contributed by atoms with Crippen molar-refractivity contribution in [1.82, 2.24) is 4.90 Å². The van der Waals surface area contributed by atoms with Crippen LogP contribution in [0.5, 0.6) is 0 Å². The second kappa shape index (κ2) is 8.76. The Morgan fingerprint density at radius 2 is 1.91 bits per heavy atom. The molecule has 1 aromatic carbocycles. The van der Waals surface area contributed by atoms with Crippen molar-refractivity contribution in [2.45, 2.75) is 51.1 Å². The molecule has 0 heterocycles. The van der Waals surface area contributed by atoms with Crippen LogP contribution in [-0.2, 0) is 4.79 Å². The van der Waals surface area contributed by atoms with E-state index >= 15 is 0 Å². The van der Waals surface area contributed by atoms with E-state index in [0.717, 1.165) is 18.4 Å². The highest BCUT2D eigenvalue weighted by Gasteiger charge is 2.27. The van der Waals surface area contributed by atoms with Crippen molar-refractivity contribution < 1.29 is 4.79 Å². The smallest absolute Gasteiger partial charge is 0.223 e. The highest BCUT2D eigenvalue weighted by molar-refractivity contribution is 6.30. The predicted octanol–water partition coefficient (Wildman–Crippen LogP) is 4.19. The lowest BCUT2D eigenvalue weighted by molar-refractivity contribution is -0.133. The van der Waals surface area contributed by atoms with Crippen molar-refractivity contribution in [1.29, 1.82) is 0 Å². The number of hydrogen-bond acceptors (Lipinski definition) is 2. The van der Waals surface area contributed by atoms with E-state index in [4.69, 9.17) is 17.3 Å². The van der Waals surface area contributed by atoms with Crippen molar-refractivity contribution in [2.24, 2.45) is 11.7 Å². The van der Waals surface area contributed by atoms with Gasteiger partial charge >= 0.3 is 0 Å². The molecule has 2 N–H and O–H groups in total. The first-order valence-electron chi connectivity index (χ1n) is 7.75. The Kier molecular flexibility index (Phi) is 7.67. The average molecular weight is 345 g/mol. The van der Waals surface area contributed by atoms with E-state index < -0.39 is 0 Å². The highest BCUT2D eigenvalue weighted by Crippen LogP contribution is 2.28. The molecule has 0 aromatic heterocycles. The molecule has 0 spiro atoms. The Morgan fingerprint density at radius 3 is 2.50 bits per heavy atom. The van der Waals surface area contributed by atoms with Gasteiger partial charge in [0, 0.05) is 24.5 Å². The molecule has 5 heteroatoms. The second-order valence-electron chi connectivity index (χ2n) is 6.14. The maximum Gasteiger partial charge on any atom is 0.223 e. The molecule has 3 atom stereocenters. The van der Waals surface area contributed by atoms with Gasteiger partial charge in [-0.1, -0.05) is 36.6 Å². The van der Waals surface area contributed by atoms with Gasteiger partial charge in [0.25, 0.3) is 0 Å². The van der Waals surface area contributed by atoms with Crippen LogP contribution in [0.25, 0.3) is 0 Å². The zero-order chi connectivity index (χ0) is 15.4. The summed E-state index contributed by atoms with van der Waals surface area (Å²) in [5.74, 6) is 0.519. The van der Waals surface area contributed by atoms with Gasteiger partial charge in [-0.2, -0.15) is 0 Å². The van der Waals surface area contributed by atoms with Crippen LogP contribution in [0.4, 0.5) is 0 Å². The fourth-order valence-electron chi connectivity index (χ4n) is 3.04. The van der Waals surface area contributed by atoms with Gasteiger partial charge in [0.05, 0.1) is 6.04 Å². The first-order valence-corrected chi connectivity index (χ1v) is 8.13. The number of nitrogens with zero attached hydrogens (tertiary/aromatic N) is 1. The van der Waals surface area contributed by atoms with E-state index in [9.17, 15) is 4.79 Å². The molecule has 1 saturated carbocycles. The van der Waals surface area contributed by atoms with Crippen molar-refractivity contribution in [2.75, 3.05) is 7.05 Å². The molecular weight excluding hydrogens is 319 g/mol. The molecule has 2 rings (SSSR count). The normalized spacial score (nSPS) is 22.5. The van der Waals surface area contributed by atoms with E-state index in [1.165, 1.54) is 12.8 Å². The molecule has 3 unspecified atom stereocenters. The maximum absolute atomic E-state index is 12.5. The molecule has 0 bridgehead atoms. The minimum atomic E-state index is 0. The number of carbonyl (C=O) groups excluding carboxylic acids is 1. The number of rotatable bonds is 4. The van der Waals surface area contributed by atoms with Crippen LogP contribution in [-0.4, -0.2) is 23.9 Å². The van der Waals surface area contributed by atoms with Gasteiger partial charge < -0.3 is 10.6 Å². The van der Waals surface area contributed by atoms with Crippen LogP contribution in [0.15, 0.2) is 24.3 Å². The predicted molar refractivity (Wildman–Crippen MR) is 94.4 cm³/mol. The first kappa shape index (κ1) is 19.3. The van der Waals surface area contributed by atoms with E-state index in [0.29, 0.717) is 17.4 Å². The molecule has 1 fully saturated rings. The van der Waals surface area contributed by atoms with Crippen molar-refractivity contribution >= 4 is 29.9 Å². The number of benzene rings is 1. The summed E-state index contributed by atoms with van der Waals surface area (Å²) in [7, 11) is 1.87. The third kappa shape index (κ3) is 4.87. The summed E-state index contributed by atoms with van der Waals surface area (Å²) in [6.45, 7) is 2.04. The summed E-state index contributed by atoms with van der Waals surface area (Å²) >= 11 is 5.91. The molecule has 0 radical (unpaired) electrons. The lowest BCUT2D eigenvalue weighted by Gasteiger charge is -2.31. The molecule has 0 saturated heterocycles.